The van der Waals surface area contributed by atoms with Gasteiger partial charge in [0.05, 0.1) is 32.7 Å². The highest BCUT2D eigenvalue weighted by molar-refractivity contribution is 6.10. The molecule has 0 aliphatic carbocycles. The van der Waals surface area contributed by atoms with E-state index in [2.05, 4.69) is 10.6 Å². The van der Waals surface area contributed by atoms with Crippen molar-refractivity contribution in [1.29, 1.82) is 0 Å². The first-order chi connectivity index (χ1) is 14.5. The largest absolute Gasteiger partial charge is 0.497 e. The molecule has 0 bridgehead atoms. The predicted molar refractivity (Wildman–Crippen MR) is 115 cm³/mol. The molecule has 7 heteroatoms. The fourth-order valence-electron chi connectivity index (χ4n) is 2.78. The van der Waals surface area contributed by atoms with E-state index in [9.17, 15) is 9.59 Å². The lowest BCUT2D eigenvalue weighted by Crippen LogP contribution is -2.17. The third-order valence-corrected chi connectivity index (χ3v) is 4.39. The van der Waals surface area contributed by atoms with E-state index in [-0.39, 0.29) is 11.8 Å². The molecule has 3 aromatic carbocycles. The summed E-state index contributed by atoms with van der Waals surface area (Å²) in [4.78, 5) is 25.4. The van der Waals surface area contributed by atoms with Gasteiger partial charge in [-0.25, -0.2) is 0 Å². The van der Waals surface area contributed by atoms with E-state index < -0.39 is 0 Å². The Labute approximate surface area is 174 Å². The topological polar surface area (TPSA) is 85.9 Å². The second kappa shape index (κ2) is 9.47. The molecular weight excluding hydrogens is 384 g/mol. The number of benzene rings is 3. The van der Waals surface area contributed by atoms with Gasteiger partial charge in [-0.05, 0) is 48.5 Å². The van der Waals surface area contributed by atoms with Crippen LogP contribution in [0.5, 0.6) is 17.2 Å². The molecule has 2 N–H and O–H groups in total. The molecule has 154 valence electrons. The van der Waals surface area contributed by atoms with Crippen LogP contribution in [0.2, 0.25) is 0 Å². The smallest absolute Gasteiger partial charge is 0.255 e. The van der Waals surface area contributed by atoms with E-state index in [1.54, 1.807) is 66.7 Å². The van der Waals surface area contributed by atoms with Gasteiger partial charge in [0.1, 0.15) is 17.2 Å². The Balaban J connectivity index is 1.86. The highest BCUT2D eigenvalue weighted by atomic mass is 16.5. The first-order valence-corrected chi connectivity index (χ1v) is 9.13. The molecule has 0 saturated carbocycles. The van der Waals surface area contributed by atoms with Crippen molar-refractivity contribution in [3.8, 4) is 17.2 Å². The number of carbonyl (C=O) groups is 2. The quantitative estimate of drug-likeness (QED) is 0.614. The average Bonchev–Trinajstić information content (AvgIpc) is 2.80. The molecular formula is C23H22N2O5. The van der Waals surface area contributed by atoms with Crippen LogP contribution in [0.25, 0.3) is 0 Å². The van der Waals surface area contributed by atoms with Crippen molar-refractivity contribution < 1.29 is 23.8 Å². The number of anilines is 2. The van der Waals surface area contributed by atoms with E-state index in [0.29, 0.717) is 39.8 Å². The van der Waals surface area contributed by atoms with Crippen molar-refractivity contribution in [2.24, 2.45) is 0 Å². The third kappa shape index (κ3) is 4.88. The number of rotatable bonds is 7. The molecule has 3 aromatic rings. The molecule has 0 aliphatic rings. The van der Waals surface area contributed by atoms with Gasteiger partial charge in [0.25, 0.3) is 11.8 Å². The van der Waals surface area contributed by atoms with Crippen molar-refractivity contribution >= 4 is 23.2 Å². The fourth-order valence-corrected chi connectivity index (χ4v) is 2.78. The minimum absolute atomic E-state index is 0.337. The normalized spacial score (nSPS) is 10.1. The average molecular weight is 406 g/mol. The molecule has 0 unspecified atom stereocenters. The molecule has 0 radical (unpaired) electrons. The molecule has 0 aromatic heterocycles. The molecule has 7 nitrogen and oxygen atoms in total. The summed E-state index contributed by atoms with van der Waals surface area (Å²) in [6.45, 7) is 0. The van der Waals surface area contributed by atoms with Crippen molar-refractivity contribution in [2.45, 2.75) is 0 Å². The fraction of sp³-hybridized carbons (Fsp3) is 0.130. The van der Waals surface area contributed by atoms with Gasteiger partial charge in [-0.2, -0.15) is 0 Å². The predicted octanol–water partition coefficient (Wildman–Crippen LogP) is 4.22. The minimum atomic E-state index is -0.348. The molecule has 30 heavy (non-hydrogen) atoms. The lowest BCUT2D eigenvalue weighted by atomic mass is 10.1. The Bertz CT molecular complexity index is 1060. The van der Waals surface area contributed by atoms with Crippen molar-refractivity contribution in [1.82, 2.24) is 0 Å². The van der Waals surface area contributed by atoms with Gasteiger partial charge in [-0.15, -0.1) is 0 Å². The maximum absolute atomic E-state index is 12.7. The molecule has 0 atom stereocenters. The van der Waals surface area contributed by atoms with Crippen LogP contribution in [0.4, 0.5) is 11.4 Å². The number of methoxy groups -OCH3 is 3. The van der Waals surface area contributed by atoms with E-state index in [1.165, 1.54) is 21.3 Å². The van der Waals surface area contributed by atoms with Gasteiger partial charge in [0, 0.05) is 17.2 Å². The summed E-state index contributed by atoms with van der Waals surface area (Å²) >= 11 is 0. The molecule has 0 spiro atoms. The summed E-state index contributed by atoms with van der Waals surface area (Å²) in [5.74, 6) is 0.995. The molecule has 2 amide bonds. The van der Waals surface area contributed by atoms with Crippen LogP contribution >= 0.6 is 0 Å². The Morgan fingerprint density at radius 2 is 1.07 bits per heavy atom. The summed E-state index contributed by atoms with van der Waals surface area (Å²) < 4.78 is 15.6. The van der Waals surface area contributed by atoms with Crippen LogP contribution < -0.4 is 24.8 Å². The number of amides is 2. The van der Waals surface area contributed by atoms with Gasteiger partial charge in [0.15, 0.2) is 0 Å². The van der Waals surface area contributed by atoms with Crippen LogP contribution in [-0.2, 0) is 0 Å². The second-order valence-corrected chi connectivity index (χ2v) is 6.28. The Morgan fingerprint density at radius 1 is 0.600 bits per heavy atom. The molecule has 0 saturated heterocycles. The molecule has 0 fully saturated rings. The van der Waals surface area contributed by atoms with Crippen LogP contribution in [0.15, 0.2) is 66.7 Å². The lowest BCUT2D eigenvalue weighted by molar-refractivity contribution is 0.101. The van der Waals surface area contributed by atoms with Crippen molar-refractivity contribution in [2.75, 3.05) is 32.0 Å². The van der Waals surface area contributed by atoms with Crippen molar-refractivity contribution in [3.63, 3.8) is 0 Å². The summed E-state index contributed by atoms with van der Waals surface area (Å²) in [7, 11) is 4.59. The van der Waals surface area contributed by atoms with Gasteiger partial charge in [-0.1, -0.05) is 12.1 Å². The number of hydrogen-bond acceptors (Lipinski definition) is 5. The highest BCUT2D eigenvalue weighted by Crippen LogP contribution is 2.28. The van der Waals surface area contributed by atoms with Gasteiger partial charge in [0.2, 0.25) is 0 Å². The maximum Gasteiger partial charge on any atom is 0.255 e. The monoisotopic (exact) mass is 406 g/mol. The standard InChI is InChI=1S/C23H22N2O5/c1-28-17-8-4-6-15(12-17)22(26)24-20-11-10-19(30-3)14-21(20)25-23(27)16-7-5-9-18(13-16)29-2/h4-14H,1-3H3,(H,24,26)(H,25,27). The molecule has 0 heterocycles. The number of ether oxygens (including phenoxy) is 3. The van der Waals surface area contributed by atoms with E-state index in [1.807, 2.05) is 0 Å². The second-order valence-electron chi connectivity index (χ2n) is 6.28. The Morgan fingerprint density at radius 3 is 1.57 bits per heavy atom. The van der Waals surface area contributed by atoms with Gasteiger partial charge < -0.3 is 24.8 Å². The zero-order valence-corrected chi connectivity index (χ0v) is 16.9. The SMILES string of the molecule is COc1cccc(C(=O)Nc2ccc(OC)cc2NC(=O)c2cccc(OC)c2)c1. The summed E-state index contributed by atoms with van der Waals surface area (Å²) in [6, 6.07) is 18.6. The van der Waals surface area contributed by atoms with Crippen molar-refractivity contribution in [3.05, 3.63) is 77.9 Å². The van der Waals surface area contributed by atoms with E-state index in [0.717, 1.165) is 0 Å². The Hall–Kier alpha value is -4.00. The molecule has 3 rings (SSSR count). The third-order valence-electron chi connectivity index (χ3n) is 4.39. The zero-order chi connectivity index (χ0) is 21.5. The van der Waals surface area contributed by atoms with Crippen LogP contribution in [0, 0.1) is 0 Å². The summed E-state index contributed by atoms with van der Waals surface area (Å²) in [6.07, 6.45) is 0. The minimum Gasteiger partial charge on any atom is -0.497 e. The molecule has 0 aliphatic heterocycles. The van der Waals surface area contributed by atoms with Crippen LogP contribution in [-0.4, -0.2) is 33.1 Å². The van der Waals surface area contributed by atoms with Gasteiger partial charge >= 0.3 is 0 Å². The number of hydrogen-bond donors (Lipinski definition) is 2. The summed E-state index contributed by atoms with van der Waals surface area (Å²) in [5, 5.41) is 5.64. The van der Waals surface area contributed by atoms with Crippen LogP contribution in [0.3, 0.4) is 0 Å². The number of carbonyl (C=O) groups excluding carboxylic acids is 2. The first-order valence-electron chi connectivity index (χ1n) is 9.13. The van der Waals surface area contributed by atoms with Crippen LogP contribution in [0.1, 0.15) is 20.7 Å². The zero-order valence-electron chi connectivity index (χ0n) is 16.9. The lowest BCUT2D eigenvalue weighted by Gasteiger charge is -2.14. The van der Waals surface area contributed by atoms with E-state index in [4.69, 9.17) is 14.2 Å². The van der Waals surface area contributed by atoms with E-state index >= 15 is 0 Å². The summed E-state index contributed by atoms with van der Waals surface area (Å²) in [5.41, 5.74) is 1.68. The highest BCUT2D eigenvalue weighted by Gasteiger charge is 2.14. The first kappa shape index (κ1) is 20.7. The Kier molecular flexibility index (Phi) is 6.54. The maximum atomic E-state index is 12.7. The number of nitrogens with one attached hydrogen (secondary N) is 2. The van der Waals surface area contributed by atoms with Gasteiger partial charge in [-0.3, -0.25) is 9.59 Å².